The van der Waals surface area contributed by atoms with Gasteiger partial charge in [-0.25, -0.2) is 19.2 Å². The molecule has 0 aliphatic heterocycles. The van der Waals surface area contributed by atoms with Crippen LogP contribution in [0, 0.1) is 5.82 Å². The minimum Gasteiger partial charge on any atom is -0.292 e. The van der Waals surface area contributed by atoms with Crippen LogP contribution in [0.5, 0.6) is 0 Å². The fraction of sp³-hybridized carbons (Fsp3) is 0.154. The first kappa shape index (κ1) is 14.4. The van der Waals surface area contributed by atoms with Gasteiger partial charge in [-0.1, -0.05) is 0 Å². The molecule has 2 aromatic rings. The van der Waals surface area contributed by atoms with E-state index in [-0.39, 0.29) is 12.4 Å². The van der Waals surface area contributed by atoms with E-state index in [0.717, 1.165) is 4.47 Å². The second-order valence-electron chi connectivity index (χ2n) is 3.84. The van der Waals surface area contributed by atoms with Crippen molar-refractivity contribution in [1.29, 1.82) is 0 Å². The van der Waals surface area contributed by atoms with Crippen molar-refractivity contribution in [2.75, 3.05) is 16.8 Å². The predicted octanol–water partition coefficient (Wildman–Crippen LogP) is 3.44. The van der Waals surface area contributed by atoms with Crippen LogP contribution < -0.4 is 10.2 Å². The Balaban J connectivity index is 2.18. The number of amides is 2. The van der Waals surface area contributed by atoms with Gasteiger partial charge in [-0.15, -0.1) is 0 Å². The second-order valence-corrected chi connectivity index (χ2v) is 4.76. The third-order valence-corrected chi connectivity index (χ3v) is 2.99. The van der Waals surface area contributed by atoms with Gasteiger partial charge in [-0.3, -0.25) is 10.2 Å². The van der Waals surface area contributed by atoms with Crippen LogP contribution in [0.15, 0.2) is 41.1 Å². The van der Waals surface area contributed by atoms with E-state index >= 15 is 0 Å². The highest BCUT2D eigenvalue weighted by atomic mass is 79.9. The van der Waals surface area contributed by atoms with Gasteiger partial charge < -0.3 is 0 Å². The molecule has 2 heterocycles. The summed E-state index contributed by atoms with van der Waals surface area (Å²) in [6.07, 6.45) is 3.00. The molecule has 0 saturated heterocycles. The van der Waals surface area contributed by atoms with Crippen LogP contribution in [-0.2, 0) is 0 Å². The van der Waals surface area contributed by atoms with Gasteiger partial charge in [0.15, 0.2) is 11.6 Å². The average Bonchev–Trinajstić information content (AvgIpc) is 2.44. The highest BCUT2D eigenvalue weighted by Crippen LogP contribution is 2.17. The normalized spacial score (nSPS) is 10.2. The highest BCUT2D eigenvalue weighted by molar-refractivity contribution is 9.10. The number of nitrogens with one attached hydrogen (secondary N) is 1. The molecule has 104 valence electrons. The third kappa shape index (κ3) is 3.30. The van der Waals surface area contributed by atoms with Crippen LogP contribution in [0.2, 0.25) is 0 Å². The molecule has 0 spiro atoms. The Labute approximate surface area is 124 Å². The molecule has 1 N–H and O–H groups in total. The predicted molar refractivity (Wildman–Crippen MR) is 78.2 cm³/mol. The zero-order valence-electron chi connectivity index (χ0n) is 10.7. The third-order valence-electron chi connectivity index (χ3n) is 2.52. The molecule has 0 bridgehead atoms. The van der Waals surface area contributed by atoms with Gasteiger partial charge in [0.1, 0.15) is 5.82 Å². The molecule has 7 heteroatoms. The number of carbonyl (C=O) groups excluding carboxylic acids is 1. The van der Waals surface area contributed by atoms with Gasteiger partial charge in [0.05, 0.1) is 0 Å². The lowest BCUT2D eigenvalue weighted by Gasteiger charge is -2.20. The number of carbonyl (C=O) groups is 1. The van der Waals surface area contributed by atoms with Crippen LogP contribution in [0.1, 0.15) is 6.92 Å². The quantitative estimate of drug-likeness (QED) is 0.932. The SMILES string of the molecule is CCN(C(=O)Nc1ccc(Br)cn1)c1ncccc1F. The van der Waals surface area contributed by atoms with Crippen molar-refractivity contribution in [2.24, 2.45) is 0 Å². The maximum absolute atomic E-state index is 13.7. The largest absolute Gasteiger partial charge is 0.328 e. The monoisotopic (exact) mass is 338 g/mol. The molecule has 2 amide bonds. The summed E-state index contributed by atoms with van der Waals surface area (Å²) in [7, 11) is 0. The average molecular weight is 339 g/mol. The van der Waals surface area contributed by atoms with Gasteiger partial charge in [-0.05, 0) is 47.1 Å². The summed E-state index contributed by atoms with van der Waals surface area (Å²) in [5.41, 5.74) is 0. The van der Waals surface area contributed by atoms with Crippen molar-refractivity contribution < 1.29 is 9.18 Å². The number of rotatable bonds is 3. The van der Waals surface area contributed by atoms with Crippen molar-refractivity contribution in [1.82, 2.24) is 9.97 Å². The van der Waals surface area contributed by atoms with E-state index in [0.29, 0.717) is 5.82 Å². The lowest BCUT2D eigenvalue weighted by atomic mass is 10.4. The van der Waals surface area contributed by atoms with Crippen molar-refractivity contribution in [2.45, 2.75) is 6.92 Å². The topological polar surface area (TPSA) is 58.1 Å². The Bertz CT molecular complexity index is 606. The van der Waals surface area contributed by atoms with Crippen molar-refractivity contribution >= 4 is 33.6 Å². The summed E-state index contributed by atoms with van der Waals surface area (Å²) < 4.78 is 14.5. The molecule has 0 aromatic carbocycles. The van der Waals surface area contributed by atoms with E-state index in [4.69, 9.17) is 0 Å². The number of hydrogen-bond donors (Lipinski definition) is 1. The first-order chi connectivity index (χ1) is 9.61. The van der Waals surface area contributed by atoms with E-state index in [1.165, 1.54) is 23.2 Å². The fourth-order valence-electron chi connectivity index (χ4n) is 1.59. The highest BCUT2D eigenvalue weighted by Gasteiger charge is 2.18. The molecule has 0 saturated carbocycles. The van der Waals surface area contributed by atoms with E-state index in [9.17, 15) is 9.18 Å². The molecule has 2 rings (SSSR count). The van der Waals surface area contributed by atoms with Crippen molar-refractivity contribution in [3.8, 4) is 0 Å². The zero-order chi connectivity index (χ0) is 14.5. The molecule has 20 heavy (non-hydrogen) atoms. The maximum Gasteiger partial charge on any atom is 0.328 e. The molecular formula is C13H12BrFN4O. The summed E-state index contributed by atoms with van der Waals surface area (Å²) in [6.45, 7) is 2.03. The van der Waals surface area contributed by atoms with E-state index in [1.807, 2.05) is 0 Å². The van der Waals surface area contributed by atoms with Crippen LogP contribution in [0.25, 0.3) is 0 Å². The van der Waals surface area contributed by atoms with Gasteiger partial charge >= 0.3 is 6.03 Å². The number of urea groups is 1. The first-order valence-electron chi connectivity index (χ1n) is 5.92. The van der Waals surface area contributed by atoms with Gasteiger partial charge in [0.2, 0.25) is 0 Å². The standard InChI is InChI=1S/C13H12BrFN4O/c1-2-19(12-10(15)4-3-7-16-12)13(20)18-11-6-5-9(14)8-17-11/h3-8H,2H2,1H3,(H,17,18,20). The number of nitrogens with zero attached hydrogens (tertiary/aromatic N) is 3. The number of hydrogen-bond acceptors (Lipinski definition) is 3. The van der Waals surface area contributed by atoms with Crippen molar-refractivity contribution in [3.05, 3.63) is 46.9 Å². The summed E-state index contributed by atoms with van der Waals surface area (Å²) in [5.74, 6) is -0.175. The molecule has 0 atom stereocenters. The molecule has 0 aliphatic carbocycles. The summed E-state index contributed by atoms with van der Waals surface area (Å²) in [6, 6.07) is 5.64. The Morgan fingerprint density at radius 2 is 2.20 bits per heavy atom. The summed E-state index contributed by atoms with van der Waals surface area (Å²) >= 11 is 3.26. The van der Waals surface area contributed by atoms with Crippen LogP contribution in [0.3, 0.4) is 0 Å². The van der Waals surface area contributed by atoms with Gasteiger partial charge in [0, 0.05) is 23.4 Å². The van der Waals surface area contributed by atoms with Crippen LogP contribution >= 0.6 is 15.9 Å². The molecular weight excluding hydrogens is 327 g/mol. The smallest absolute Gasteiger partial charge is 0.292 e. The van der Waals surface area contributed by atoms with E-state index in [1.54, 1.807) is 25.3 Å². The summed E-state index contributed by atoms with van der Waals surface area (Å²) in [5, 5.41) is 2.59. The van der Waals surface area contributed by atoms with Gasteiger partial charge in [0.25, 0.3) is 0 Å². The lowest BCUT2D eigenvalue weighted by molar-refractivity contribution is 0.256. The fourth-order valence-corrected chi connectivity index (χ4v) is 1.83. The van der Waals surface area contributed by atoms with E-state index in [2.05, 4.69) is 31.2 Å². The maximum atomic E-state index is 13.7. The number of pyridine rings is 2. The molecule has 2 aromatic heterocycles. The number of anilines is 2. The van der Waals surface area contributed by atoms with Crippen molar-refractivity contribution in [3.63, 3.8) is 0 Å². The first-order valence-corrected chi connectivity index (χ1v) is 6.71. The van der Waals surface area contributed by atoms with Gasteiger partial charge in [-0.2, -0.15) is 0 Å². The zero-order valence-corrected chi connectivity index (χ0v) is 12.3. The Kier molecular flexibility index (Phi) is 4.62. The van der Waals surface area contributed by atoms with E-state index < -0.39 is 11.8 Å². The lowest BCUT2D eigenvalue weighted by Crippen LogP contribution is -2.36. The minimum absolute atomic E-state index is 0.00962. The molecule has 0 aliphatic rings. The molecule has 0 unspecified atom stereocenters. The van der Waals surface area contributed by atoms with Crippen LogP contribution in [0.4, 0.5) is 20.8 Å². The Morgan fingerprint density at radius 1 is 1.40 bits per heavy atom. The Hall–Kier alpha value is -2.02. The molecule has 5 nitrogen and oxygen atoms in total. The Morgan fingerprint density at radius 3 is 2.80 bits per heavy atom. The minimum atomic E-state index is -0.548. The number of halogens is 2. The number of aromatic nitrogens is 2. The summed E-state index contributed by atoms with van der Waals surface area (Å²) in [4.78, 5) is 21.3. The second kappa shape index (κ2) is 6.42. The molecule has 0 fully saturated rings. The molecule has 0 radical (unpaired) electrons. The van der Waals surface area contributed by atoms with Crippen LogP contribution in [-0.4, -0.2) is 22.5 Å².